The van der Waals surface area contributed by atoms with Crippen molar-refractivity contribution in [1.82, 2.24) is 4.90 Å². The summed E-state index contributed by atoms with van der Waals surface area (Å²) in [6, 6.07) is 3.88. The number of halogens is 2. The number of ether oxygens (including phenoxy) is 1. The van der Waals surface area contributed by atoms with Crippen molar-refractivity contribution in [2.24, 2.45) is 0 Å². The molecule has 0 aliphatic rings. The van der Waals surface area contributed by atoms with Gasteiger partial charge in [0.25, 0.3) is 0 Å². The van der Waals surface area contributed by atoms with Gasteiger partial charge in [-0.2, -0.15) is 0 Å². The second kappa shape index (κ2) is 7.36. The maximum absolute atomic E-state index is 9.64. The second-order valence-corrected chi connectivity index (χ2v) is 5.48. The summed E-state index contributed by atoms with van der Waals surface area (Å²) in [5.74, 6) is 0.244. The van der Waals surface area contributed by atoms with Gasteiger partial charge in [-0.15, -0.1) is 0 Å². The van der Waals surface area contributed by atoms with Crippen LogP contribution in [0.15, 0.2) is 21.1 Å². The highest BCUT2D eigenvalue weighted by Gasteiger charge is 2.09. The highest BCUT2D eigenvalue weighted by atomic mass is 79.9. The van der Waals surface area contributed by atoms with E-state index in [0.717, 1.165) is 31.8 Å². The molecule has 1 aromatic carbocycles. The van der Waals surface area contributed by atoms with Crippen LogP contribution in [-0.4, -0.2) is 36.8 Å². The molecule has 1 N–H and O–H groups in total. The van der Waals surface area contributed by atoms with Gasteiger partial charge in [-0.25, -0.2) is 0 Å². The molecule has 0 aliphatic carbocycles. The largest absolute Gasteiger partial charge is 0.506 e. The van der Waals surface area contributed by atoms with Gasteiger partial charge >= 0.3 is 0 Å². The van der Waals surface area contributed by atoms with Gasteiger partial charge in [0.05, 0.1) is 15.6 Å². The number of hydrogen-bond donors (Lipinski definition) is 1. The molecule has 0 unspecified atom stereocenters. The van der Waals surface area contributed by atoms with Crippen LogP contribution in [0.1, 0.15) is 12.5 Å². The Morgan fingerprint density at radius 3 is 2.35 bits per heavy atom. The Morgan fingerprint density at radius 1 is 1.29 bits per heavy atom. The number of aromatic hydroxyl groups is 1. The molecule has 0 fully saturated rings. The van der Waals surface area contributed by atoms with E-state index < -0.39 is 0 Å². The Labute approximate surface area is 119 Å². The number of phenols is 1. The van der Waals surface area contributed by atoms with E-state index in [2.05, 4.69) is 43.7 Å². The number of benzene rings is 1. The fraction of sp³-hybridized carbons (Fsp3) is 0.500. The molecular weight excluding hydrogens is 350 g/mol. The summed E-state index contributed by atoms with van der Waals surface area (Å²) in [4.78, 5) is 2.29. The molecule has 0 saturated heterocycles. The first-order chi connectivity index (χ1) is 8.08. The van der Waals surface area contributed by atoms with Crippen molar-refractivity contribution >= 4 is 31.9 Å². The Kier molecular flexibility index (Phi) is 6.48. The van der Waals surface area contributed by atoms with Crippen LogP contribution >= 0.6 is 31.9 Å². The number of phenolic OH excluding ortho intramolecular Hbond substituents is 1. The fourth-order valence-electron chi connectivity index (χ4n) is 1.54. The summed E-state index contributed by atoms with van der Waals surface area (Å²) in [6.07, 6.45) is 0. The maximum atomic E-state index is 9.64. The van der Waals surface area contributed by atoms with Crippen LogP contribution in [0.2, 0.25) is 0 Å². The van der Waals surface area contributed by atoms with E-state index in [4.69, 9.17) is 4.74 Å². The van der Waals surface area contributed by atoms with E-state index in [1.165, 1.54) is 0 Å². The topological polar surface area (TPSA) is 32.7 Å². The van der Waals surface area contributed by atoms with Gasteiger partial charge in [-0.05, 0) is 56.1 Å². The number of nitrogens with zero attached hydrogens (tertiary/aromatic N) is 1. The van der Waals surface area contributed by atoms with Crippen molar-refractivity contribution < 1.29 is 9.84 Å². The molecule has 0 radical (unpaired) electrons. The first-order valence-corrected chi connectivity index (χ1v) is 7.05. The quantitative estimate of drug-likeness (QED) is 0.837. The molecular formula is C12H17Br2NO2. The monoisotopic (exact) mass is 365 g/mol. The predicted octanol–water partition coefficient (Wildman–Crippen LogP) is 3.39. The molecule has 0 atom stereocenters. The van der Waals surface area contributed by atoms with Crippen molar-refractivity contribution in [2.45, 2.75) is 13.5 Å². The van der Waals surface area contributed by atoms with Crippen LogP contribution in [0.5, 0.6) is 5.75 Å². The standard InChI is InChI=1S/C12H17Br2NO2/c1-3-15(4-5-17-2)8-9-6-10(13)12(16)11(14)7-9/h6-7,16H,3-5,8H2,1-2H3. The zero-order valence-corrected chi connectivity index (χ0v) is 13.2. The number of methoxy groups -OCH3 is 1. The lowest BCUT2D eigenvalue weighted by Crippen LogP contribution is -2.26. The molecule has 0 heterocycles. The van der Waals surface area contributed by atoms with E-state index >= 15 is 0 Å². The van der Waals surface area contributed by atoms with Gasteiger partial charge in [-0.1, -0.05) is 6.92 Å². The van der Waals surface area contributed by atoms with Crippen LogP contribution in [0.25, 0.3) is 0 Å². The van der Waals surface area contributed by atoms with E-state index in [1.807, 2.05) is 12.1 Å². The van der Waals surface area contributed by atoms with E-state index in [1.54, 1.807) is 7.11 Å². The van der Waals surface area contributed by atoms with Gasteiger partial charge in [0, 0.05) is 20.2 Å². The molecule has 0 amide bonds. The molecule has 3 nitrogen and oxygen atoms in total. The molecule has 1 rings (SSSR count). The first kappa shape index (κ1) is 15.0. The lowest BCUT2D eigenvalue weighted by Gasteiger charge is -2.20. The smallest absolute Gasteiger partial charge is 0.143 e. The minimum absolute atomic E-state index is 0.244. The molecule has 1 aromatic rings. The summed E-state index contributed by atoms with van der Waals surface area (Å²) in [7, 11) is 1.71. The zero-order chi connectivity index (χ0) is 12.8. The third-order valence-corrected chi connectivity index (χ3v) is 3.75. The molecule has 96 valence electrons. The fourth-order valence-corrected chi connectivity index (χ4v) is 2.82. The summed E-state index contributed by atoms with van der Waals surface area (Å²) in [6.45, 7) is 5.58. The normalized spacial score (nSPS) is 11.1. The van der Waals surface area contributed by atoms with Crippen LogP contribution < -0.4 is 0 Å². The lowest BCUT2D eigenvalue weighted by molar-refractivity contribution is 0.147. The van der Waals surface area contributed by atoms with Gasteiger partial charge in [0.1, 0.15) is 5.75 Å². The molecule has 5 heteroatoms. The third-order valence-electron chi connectivity index (χ3n) is 2.54. The van der Waals surface area contributed by atoms with Crippen molar-refractivity contribution in [3.8, 4) is 5.75 Å². The Morgan fingerprint density at radius 2 is 1.88 bits per heavy atom. The minimum Gasteiger partial charge on any atom is -0.506 e. The SMILES string of the molecule is CCN(CCOC)Cc1cc(Br)c(O)c(Br)c1. The summed E-state index contributed by atoms with van der Waals surface area (Å²) < 4.78 is 6.50. The van der Waals surface area contributed by atoms with Crippen molar-refractivity contribution in [3.63, 3.8) is 0 Å². The first-order valence-electron chi connectivity index (χ1n) is 5.46. The average Bonchev–Trinajstić information content (AvgIpc) is 2.31. The highest BCUT2D eigenvalue weighted by Crippen LogP contribution is 2.33. The Bertz CT molecular complexity index is 349. The summed E-state index contributed by atoms with van der Waals surface area (Å²) in [5, 5.41) is 9.64. The average molecular weight is 367 g/mol. The van der Waals surface area contributed by atoms with Gasteiger partial charge in [-0.3, -0.25) is 4.90 Å². The lowest BCUT2D eigenvalue weighted by atomic mass is 10.2. The zero-order valence-electron chi connectivity index (χ0n) is 10.0. The molecule has 0 spiro atoms. The van der Waals surface area contributed by atoms with Gasteiger partial charge in [0.2, 0.25) is 0 Å². The third kappa shape index (κ3) is 4.58. The second-order valence-electron chi connectivity index (χ2n) is 3.77. The minimum atomic E-state index is 0.244. The Balaban J connectivity index is 2.72. The molecule has 17 heavy (non-hydrogen) atoms. The molecule has 0 saturated carbocycles. The molecule has 0 aliphatic heterocycles. The summed E-state index contributed by atoms with van der Waals surface area (Å²) in [5.41, 5.74) is 1.15. The van der Waals surface area contributed by atoms with Gasteiger partial charge in [0.15, 0.2) is 0 Å². The van der Waals surface area contributed by atoms with Crippen LogP contribution in [-0.2, 0) is 11.3 Å². The number of rotatable bonds is 6. The molecule has 0 aromatic heterocycles. The number of hydrogen-bond acceptors (Lipinski definition) is 3. The van der Waals surface area contributed by atoms with Crippen LogP contribution in [0, 0.1) is 0 Å². The van der Waals surface area contributed by atoms with Crippen molar-refractivity contribution in [1.29, 1.82) is 0 Å². The van der Waals surface area contributed by atoms with Crippen molar-refractivity contribution in [2.75, 3.05) is 26.8 Å². The predicted molar refractivity (Wildman–Crippen MR) is 76.3 cm³/mol. The van der Waals surface area contributed by atoms with E-state index in [9.17, 15) is 5.11 Å². The van der Waals surface area contributed by atoms with E-state index in [-0.39, 0.29) is 5.75 Å². The van der Waals surface area contributed by atoms with Gasteiger partial charge < -0.3 is 9.84 Å². The van der Waals surface area contributed by atoms with Crippen molar-refractivity contribution in [3.05, 3.63) is 26.6 Å². The molecule has 0 bridgehead atoms. The van der Waals surface area contributed by atoms with Crippen LogP contribution in [0.4, 0.5) is 0 Å². The number of likely N-dealkylation sites (N-methyl/N-ethyl adjacent to an activating group) is 1. The highest BCUT2D eigenvalue weighted by molar-refractivity contribution is 9.11. The summed E-state index contributed by atoms with van der Waals surface area (Å²) >= 11 is 6.68. The van der Waals surface area contributed by atoms with E-state index in [0.29, 0.717) is 8.95 Å². The maximum Gasteiger partial charge on any atom is 0.143 e. The Hall–Kier alpha value is -0.100. The van der Waals surface area contributed by atoms with Crippen LogP contribution in [0.3, 0.4) is 0 Å².